The van der Waals surface area contributed by atoms with Gasteiger partial charge in [0.2, 0.25) is 0 Å². The molecule has 0 N–H and O–H groups in total. The van der Waals surface area contributed by atoms with Crippen molar-refractivity contribution in [3.05, 3.63) is 0 Å². The van der Waals surface area contributed by atoms with Gasteiger partial charge in [-0.25, -0.2) is 0 Å². The SMILES string of the molecule is Cl.FN(F)F. The van der Waals surface area contributed by atoms with Crippen molar-refractivity contribution in [2.75, 3.05) is 0 Å². The van der Waals surface area contributed by atoms with Gasteiger partial charge in [-0.1, -0.05) is 13.4 Å². The second kappa shape index (κ2) is 4.04. The number of rotatable bonds is 0. The predicted molar refractivity (Wildman–Crippen MR) is 12.4 cm³/mol. The Balaban J connectivity index is 0. The van der Waals surface area contributed by atoms with E-state index in [0.717, 1.165) is 0 Å². The fraction of sp³-hybridized carbons (Fsp3) is 0. The van der Waals surface area contributed by atoms with Crippen LogP contribution in [0.3, 0.4) is 0 Å². The van der Waals surface area contributed by atoms with E-state index < -0.39 is 5.57 Å². The molecule has 0 unspecified atom stereocenters. The molecule has 34 valence electrons. The number of hydrogen-bond acceptors (Lipinski definition) is 1. The highest BCUT2D eigenvalue weighted by atomic mass is 35.5. The Morgan fingerprint density at radius 3 is 1.00 bits per heavy atom. The molecule has 0 aromatic carbocycles. The smallest absolute Gasteiger partial charge is 0.147 e. The highest BCUT2D eigenvalue weighted by Gasteiger charge is 1.80. The summed E-state index contributed by atoms with van der Waals surface area (Å²) < 4.78 is 28.5. The Morgan fingerprint density at radius 2 is 1.00 bits per heavy atom. The Kier molecular flexibility index (Phi) is 7.19. The third-order valence-electron chi connectivity index (χ3n) is 0. The van der Waals surface area contributed by atoms with E-state index in [9.17, 15) is 13.4 Å². The van der Waals surface area contributed by atoms with Gasteiger partial charge in [0.1, 0.15) is 0 Å². The van der Waals surface area contributed by atoms with E-state index in [2.05, 4.69) is 0 Å². The monoisotopic (exact) mass is 107 g/mol. The highest BCUT2D eigenvalue weighted by Crippen LogP contribution is 1.82. The standard InChI is InChI=1S/ClH.F3N/c;1-4(2)3/h1H;. The molecule has 0 rings (SSSR count). The molecule has 0 aliphatic heterocycles. The summed E-state index contributed by atoms with van der Waals surface area (Å²) in [6.45, 7) is 0. The second-order valence-corrected chi connectivity index (χ2v) is 0.192. The Bertz CT molecular complexity index is 11.6. The molecular weight excluding hydrogens is 106 g/mol. The van der Waals surface area contributed by atoms with Crippen LogP contribution in [0.4, 0.5) is 13.4 Å². The van der Waals surface area contributed by atoms with Gasteiger partial charge in [0.15, 0.2) is 5.57 Å². The van der Waals surface area contributed by atoms with Gasteiger partial charge < -0.3 is 0 Å². The molecule has 5 heteroatoms. The van der Waals surface area contributed by atoms with Crippen molar-refractivity contribution in [3.63, 3.8) is 0 Å². The largest absolute Gasteiger partial charge is 0.199 e. The van der Waals surface area contributed by atoms with Crippen LogP contribution >= 0.6 is 12.4 Å². The summed E-state index contributed by atoms with van der Waals surface area (Å²) in [5, 5.41) is 0. The van der Waals surface area contributed by atoms with E-state index in [-0.39, 0.29) is 12.4 Å². The molecule has 0 radical (unpaired) electrons. The number of nitrogens with zero attached hydrogens (tertiary/aromatic N) is 1. The molecule has 0 saturated heterocycles. The quantitative estimate of drug-likeness (QED) is 0.423. The Morgan fingerprint density at radius 1 is 1.00 bits per heavy atom. The third-order valence-corrected chi connectivity index (χ3v) is 0. The topological polar surface area (TPSA) is 3.24 Å². The van der Waals surface area contributed by atoms with Crippen molar-refractivity contribution in [2.45, 2.75) is 0 Å². The average molecular weight is 107 g/mol. The summed E-state index contributed by atoms with van der Waals surface area (Å²) in [6.07, 6.45) is 0. The van der Waals surface area contributed by atoms with E-state index >= 15 is 0 Å². The molecule has 0 saturated carbocycles. The van der Waals surface area contributed by atoms with Crippen molar-refractivity contribution >= 4 is 12.4 Å². The van der Waals surface area contributed by atoms with Crippen LogP contribution in [-0.4, -0.2) is 5.57 Å². The summed E-state index contributed by atoms with van der Waals surface area (Å²) in [6, 6.07) is 0. The molecule has 0 atom stereocenters. The van der Waals surface area contributed by atoms with E-state index in [1.807, 2.05) is 0 Å². The van der Waals surface area contributed by atoms with Gasteiger partial charge in [0.25, 0.3) is 0 Å². The zero-order valence-electron chi connectivity index (χ0n) is 1.99. The first-order chi connectivity index (χ1) is 1.73. The second-order valence-electron chi connectivity index (χ2n) is 0.192. The first-order valence-corrected chi connectivity index (χ1v) is 0.507. The minimum Gasteiger partial charge on any atom is -0.147 e. The molecule has 0 bridgehead atoms. The third kappa shape index (κ3) is 10500. The molecule has 0 amide bonds. The molecular formula is HClF3N. The maximum absolute atomic E-state index is 9.50. The van der Waals surface area contributed by atoms with Gasteiger partial charge in [0, 0.05) is 0 Å². The maximum Gasteiger partial charge on any atom is 0.199 e. The Hall–Kier alpha value is 0.0400. The normalized spacial score (nSPS) is 7.20. The molecule has 1 nitrogen and oxygen atoms in total. The molecule has 0 fully saturated rings. The van der Waals surface area contributed by atoms with Crippen LogP contribution in [0.25, 0.3) is 0 Å². The van der Waals surface area contributed by atoms with E-state index in [1.54, 1.807) is 0 Å². The predicted octanol–water partition coefficient (Wildman–Crippen LogP) is 1.36. The summed E-state index contributed by atoms with van der Waals surface area (Å²) in [4.78, 5) is 0. The molecule has 0 aromatic rings. The van der Waals surface area contributed by atoms with Crippen molar-refractivity contribution in [1.29, 1.82) is 0 Å². The summed E-state index contributed by atoms with van der Waals surface area (Å²) in [7, 11) is 0. The molecule has 0 aromatic heterocycles. The van der Waals surface area contributed by atoms with E-state index in [1.165, 1.54) is 0 Å². The van der Waals surface area contributed by atoms with Crippen LogP contribution in [-0.2, 0) is 0 Å². The van der Waals surface area contributed by atoms with Gasteiger partial charge in [-0.15, -0.1) is 12.4 Å². The van der Waals surface area contributed by atoms with Crippen LogP contribution in [0.1, 0.15) is 0 Å². The van der Waals surface area contributed by atoms with Crippen molar-refractivity contribution in [1.82, 2.24) is 5.57 Å². The highest BCUT2D eigenvalue weighted by molar-refractivity contribution is 5.85. The summed E-state index contributed by atoms with van der Waals surface area (Å²) in [5.74, 6) is 0. The van der Waals surface area contributed by atoms with Crippen molar-refractivity contribution in [3.8, 4) is 0 Å². The molecule has 0 aliphatic carbocycles. The zero-order chi connectivity index (χ0) is 3.58. The van der Waals surface area contributed by atoms with Crippen LogP contribution in [0.2, 0.25) is 0 Å². The lowest BCUT2D eigenvalue weighted by atomic mass is 13.5. The van der Waals surface area contributed by atoms with E-state index in [0.29, 0.717) is 0 Å². The molecule has 0 heterocycles. The summed E-state index contributed by atoms with van der Waals surface area (Å²) in [5.41, 5.74) is -2.50. The van der Waals surface area contributed by atoms with Gasteiger partial charge in [-0.2, -0.15) is 0 Å². The van der Waals surface area contributed by atoms with Gasteiger partial charge in [-0.05, 0) is 0 Å². The minimum atomic E-state index is -2.50. The van der Waals surface area contributed by atoms with Gasteiger partial charge >= 0.3 is 0 Å². The lowest BCUT2D eigenvalue weighted by Crippen LogP contribution is -1.72. The molecule has 0 spiro atoms. The van der Waals surface area contributed by atoms with Crippen LogP contribution < -0.4 is 0 Å². The molecule has 0 aliphatic rings. The fourth-order valence-electron chi connectivity index (χ4n) is 0. The average Bonchev–Trinajstić information content (AvgIpc) is 0.811. The molecule has 5 heavy (non-hydrogen) atoms. The lowest BCUT2D eigenvalue weighted by molar-refractivity contribution is -0.295. The van der Waals surface area contributed by atoms with Crippen molar-refractivity contribution in [2.24, 2.45) is 0 Å². The van der Waals surface area contributed by atoms with E-state index in [4.69, 9.17) is 0 Å². The fourth-order valence-corrected chi connectivity index (χ4v) is 0. The number of hydrogen-bond donors (Lipinski definition) is 0. The van der Waals surface area contributed by atoms with Gasteiger partial charge in [0.05, 0.1) is 0 Å². The van der Waals surface area contributed by atoms with Crippen LogP contribution in [0.5, 0.6) is 0 Å². The minimum absolute atomic E-state index is 0. The number of halogens is 4. The first kappa shape index (κ1) is 8.90. The van der Waals surface area contributed by atoms with Crippen LogP contribution in [0, 0.1) is 0 Å². The first-order valence-electron chi connectivity index (χ1n) is 0.507. The Labute approximate surface area is 32.6 Å². The summed E-state index contributed by atoms with van der Waals surface area (Å²) >= 11 is 0. The lowest BCUT2D eigenvalue weighted by Gasteiger charge is -1.67. The van der Waals surface area contributed by atoms with Gasteiger partial charge in [-0.3, -0.25) is 0 Å². The van der Waals surface area contributed by atoms with Crippen molar-refractivity contribution < 1.29 is 13.4 Å². The maximum atomic E-state index is 9.50. The van der Waals surface area contributed by atoms with Crippen LogP contribution in [0.15, 0.2) is 0 Å². The zero-order valence-corrected chi connectivity index (χ0v) is 2.81.